The van der Waals surface area contributed by atoms with Crippen LogP contribution in [0.5, 0.6) is 0 Å². The summed E-state index contributed by atoms with van der Waals surface area (Å²) in [6, 6.07) is 9.57. The average Bonchev–Trinajstić information content (AvgIpc) is 3.11. The lowest BCUT2D eigenvalue weighted by Crippen LogP contribution is -2.28. The van der Waals surface area contributed by atoms with Crippen LogP contribution in [0.2, 0.25) is 0 Å². The molecule has 0 bridgehead atoms. The van der Waals surface area contributed by atoms with Gasteiger partial charge in [-0.05, 0) is 36.8 Å². The van der Waals surface area contributed by atoms with Crippen molar-refractivity contribution in [1.29, 1.82) is 0 Å². The van der Waals surface area contributed by atoms with Gasteiger partial charge in [-0.25, -0.2) is 0 Å². The fourth-order valence-corrected chi connectivity index (χ4v) is 3.08. The Hall–Kier alpha value is -2.10. The van der Waals surface area contributed by atoms with E-state index in [0.717, 1.165) is 36.8 Å². The molecule has 24 heavy (non-hydrogen) atoms. The normalized spacial score (nSPS) is 15.7. The van der Waals surface area contributed by atoms with Gasteiger partial charge in [0.15, 0.2) is 0 Å². The van der Waals surface area contributed by atoms with E-state index in [9.17, 15) is 9.59 Å². The molecule has 0 saturated heterocycles. The summed E-state index contributed by atoms with van der Waals surface area (Å²) in [5.41, 5.74) is 1.73. The van der Waals surface area contributed by atoms with Gasteiger partial charge in [0, 0.05) is 0 Å². The monoisotopic (exact) mass is 330 g/mol. The van der Waals surface area contributed by atoms with Crippen LogP contribution in [0.25, 0.3) is 0 Å². The molecule has 0 aromatic heterocycles. The topological polar surface area (TPSA) is 52.6 Å². The second-order valence-corrected chi connectivity index (χ2v) is 6.57. The van der Waals surface area contributed by atoms with Gasteiger partial charge in [-0.1, -0.05) is 49.8 Å². The first-order valence-electron chi connectivity index (χ1n) is 8.57. The van der Waals surface area contributed by atoms with Gasteiger partial charge >= 0.3 is 11.9 Å². The van der Waals surface area contributed by atoms with Crippen molar-refractivity contribution in [2.24, 2.45) is 11.8 Å². The summed E-state index contributed by atoms with van der Waals surface area (Å²) >= 11 is 0. The molecule has 4 heteroatoms. The summed E-state index contributed by atoms with van der Waals surface area (Å²) in [6.07, 6.45) is 4.24. The maximum absolute atomic E-state index is 12.5. The van der Waals surface area contributed by atoms with E-state index in [4.69, 9.17) is 9.47 Å². The zero-order valence-corrected chi connectivity index (χ0v) is 14.3. The predicted octanol–water partition coefficient (Wildman–Crippen LogP) is 4.05. The van der Waals surface area contributed by atoms with Crippen LogP contribution in [0.3, 0.4) is 0 Å². The number of rotatable bonds is 8. The maximum atomic E-state index is 12.5. The Labute approximate surface area is 143 Å². The molecule has 1 saturated carbocycles. The summed E-state index contributed by atoms with van der Waals surface area (Å²) in [4.78, 5) is 24.6. The molecule has 0 N–H and O–H groups in total. The molecule has 1 fully saturated rings. The van der Waals surface area contributed by atoms with Crippen LogP contribution < -0.4 is 0 Å². The van der Waals surface area contributed by atoms with Gasteiger partial charge in [0.2, 0.25) is 0 Å². The molecule has 1 aromatic rings. The number of esters is 2. The fraction of sp³-hybridized carbons (Fsp3) is 0.500. The summed E-state index contributed by atoms with van der Waals surface area (Å²) in [5.74, 6) is -0.843. The van der Waals surface area contributed by atoms with Crippen molar-refractivity contribution in [2.45, 2.75) is 45.6 Å². The SMILES string of the molecule is C=C(C)COC(=O)CC(C(=O)OCc1ccccc1)C1CCCC1. The van der Waals surface area contributed by atoms with E-state index in [0.29, 0.717) is 0 Å². The highest BCUT2D eigenvalue weighted by atomic mass is 16.5. The minimum Gasteiger partial charge on any atom is -0.461 e. The van der Waals surface area contributed by atoms with Crippen LogP contribution in [-0.4, -0.2) is 18.5 Å². The van der Waals surface area contributed by atoms with Crippen molar-refractivity contribution in [3.05, 3.63) is 48.0 Å². The largest absolute Gasteiger partial charge is 0.461 e. The molecule has 0 heterocycles. The number of hydrogen-bond acceptors (Lipinski definition) is 4. The third-order valence-corrected chi connectivity index (χ3v) is 4.36. The highest BCUT2D eigenvalue weighted by molar-refractivity contribution is 5.80. The molecule has 1 unspecified atom stereocenters. The quantitative estimate of drug-likeness (QED) is 0.533. The zero-order chi connectivity index (χ0) is 17.4. The van der Waals surface area contributed by atoms with Gasteiger partial charge < -0.3 is 9.47 Å². The van der Waals surface area contributed by atoms with E-state index in [-0.39, 0.29) is 37.5 Å². The van der Waals surface area contributed by atoms with Crippen LogP contribution in [0.1, 0.15) is 44.6 Å². The van der Waals surface area contributed by atoms with E-state index in [1.54, 1.807) is 6.92 Å². The smallest absolute Gasteiger partial charge is 0.310 e. The van der Waals surface area contributed by atoms with Crippen molar-refractivity contribution in [2.75, 3.05) is 6.61 Å². The van der Waals surface area contributed by atoms with Gasteiger partial charge in [-0.2, -0.15) is 0 Å². The second kappa shape index (κ2) is 9.26. The first kappa shape index (κ1) is 18.2. The van der Waals surface area contributed by atoms with Crippen LogP contribution >= 0.6 is 0 Å². The van der Waals surface area contributed by atoms with Crippen molar-refractivity contribution in [3.8, 4) is 0 Å². The first-order valence-corrected chi connectivity index (χ1v) is 8.57. The molecule has 1 aliphatic carbocycles. The highest BCUT2D eigenvalue weighted by Gasteiger charge is 2.34. The van der Waals surface area contributed by atoms with Crippen molar-refractivity contribution in [3.63, 3.8) is 0 Å². The lowest BCUT2D eigenvalue weighted by Gasteiger charge is -2.21. The zero-order valence-electron chi connectivity index (χ0n) is 14.3. The average molecular weight is 330 g/mol. The molecule has 0 radical (unpaired) electrons. The van der Waals surface area contributed by atoms with Crippen molar-refractivity contribution >= 4 is 11.9 Å². The molecule has 0 spiro atoms. The molecule has 2 rings (SSSR count). The molecular formula is C20H26O4. The van der Waals surface area contributed by atoms with E-state index >= 15 is 0 Å². The van der Waals surface area contributed by atoms with Crippen LogP contribution in [0, 0.1) is 11.8 Å². The Bertz CT molecular complexity index is 558. The molecular weight excluding hydrogens is 304 g/mol. The summed E-state index contributed by atoms with van der Waals surface area (Å²) < 4.78 is 10.6. The van der Waals surface area contributed by atoms with E-state index in [1.807, 2.05) is 30.3 Å². The van der Waals surface area contributed by atoms with Crippen molar-refractivity contribution in [1.82, 2.24) is 0 Å². The Morgan fingerprint density at radius 3 is 2.46 bits per heavy atom. The minimum absolute atomic E-state index is 0.0889. The van der Waals surface area contributed by atoms with Gasteiger partial charge in [0.25, 0.3) is 0 Å². The number of hydrogen-bond donors (Lipinski definition) is 0. The molecule has 1 atom stereocenters. The van der Waals surface area contributed by atoms with E-state index in [2.05, 4.69) is 6.58 Å². The summed E-state index contributed by atoms with van der Waals surface area (Å²) in [7, 11) is 0. The van der Waals surface area contributed by atoms with Gasteiger partial charge in [-0.15, -0.1) is 0 Å². The van der Waals surface area contributed by atoms with Gasteiger partial charge in [0.05, 0.1) is 12.3 Å². The minimum atomic E-state index is -0.408. The Kier molecular flexibility index (Phi) is 7.04. The predicted molar refractivity (Wildman–Crippen MR) is 92.1 cm³/mol. The Balaban J connectivity index is 1.92. The lowest BCUT2D eigenvalue weighted by molar-refractivity contribution is -0.157. The third-order valence-electron chi connectivity index (χ3n) is 4.36. The second-order valence-electron chi connectivity index (χ2n) is 6.57. The van der Waals surface area contributed by atoms with E-state index < -0.39 is 5.92 Å². The number of carbonyl (C=O) groups excluding carboxylic acids is 2. The summed E-state index contributed by atoms with van der Waals surface area (Å²) in [5, 5.41) is 0. The number of benzene rings is 1. The van der Waals surface area contributed by atoms with Crippen LogP contribution in [-0.2, 0) is 25.7 Å². The third kappa shape index (κ3) is 5.84. The van der Waals surface area contributed by atoms with E-state index in [1.165, 1.54) is 0 Å². The molecule has 0 amide bonds. The maximum Gasteiger partial charge on any atom is 0.310 e. The number of ether oxygens (including phenoxy) is 2. The lowest BCUT2D eigenvalue weighted by atomic mass is 9.88. The van der Waals surface area contributed by atoms with Crippen LogP contribution in [0.4, 0.5) is 0 Å². The highest BCUT2D eigenvalue weighted by Crippen LogP contribution is 2.34. The first-order chi connectivity index (χ1) is 11.6. The molecule has 1 aromatic carbocycles. The van der Waals surface area contributed by atoms with Gasteiger partial charge in [0.1, 0.15) is 13.2 Å². The molecule has 0 aliphatic heterocycles. The molecule has 4 nitrogen and oxygen atoms in total. The standard InChI is InChI=1S/C20H26O4/c1-15(2)13-23-19(21)12-18(17-10-6-7-11-17)20(22)24-14-16-8-4-3-5-9-16/h3-5,8-9,17-18H,1,6-7,10-14H2,2H3. The Morgan fingerprint density at radius 2 is 1.83 bits per heavy atom. The van der Waals surface area contributed by atoms with Crippen molar-refractivity contribution < 1.29 is 19.1 Å². The Morgan fingerprint density at radius 1 is 1.17 bits per heavy atom. The number of carbonyl (C=O) groups is 2. The van der Waals surface area contributed by atoms with Gasteiger partial charge in [-0.3, -0.25) is 9.59 Å². The van der Waals surface area contributed by atoms with Crippen LogP contribution in [0.15, 0.2) is 42.5 Å². The fourth-order valence-electron chi connectivity index (χ4n) is 3.08. The molecule has 1 aliphatic rings. The molecule has 130 valence electrons. The summed E-state index contributed by atoms with van der Waals surface area (Å²) in [6.45, 7) is 5.96.